The fraction of sp³-hybridized carbons (Fsp3) is 0.294. The van der Waals surface area contributed by atoms with Gasteiger partial charge in [-0.2, -0.15) is 0 Å². The van der Waals surface area contributed by atoms with Crippen molar-refractivity contribution in [2.45, 2.75) is 43.0 Å². The van der Waals surface area contributed by atoms with Crippen molar-refractivity contribution in [1.29, 1.82) is 0 Å². The van der Waals surface area contributed by atoms with Gasteiger partial charge in [-0.25, -0.2) is 4.79 Å². The molecule has 230 valence electrons. The van der Waals surface area contributed by atoms with E-state index in [-0.39, 0.29) is 18.6 Å². The summed E-state index contributed by atoms with van der Waals surface area (Å²) in [5, 5.41) is 23.3. The molecule has 0 bridgehead atoms. The molecule has 0 spiro atoms. The van der Waals surface area contributed by atoms with Crippen LogP contribution in [0, 0.1) is 6.92 Å². The lowest BCUT2D eigenvalue weighted by Gasteiger charge is -2.37. The highest BCUT2D eigenvalue weighted by molar-refractivity contribution is 5.49. The van der Waals surface area contributed by atoms with Crippen molar-refractivity contribution >= 4 is 0 Å². The maximum absolute atomic E-state index is 12.8. The van der Waals surface area contributed by atoms with Crippen LogP contribution >= 0.6 is 0 Å². The first-order valence-electron chi connectivity index (χ1n) is 14.2. The van der Waals surface area contributed by atoms with E-state index in [0.29, 0.717) is 11.5 Å². The van der Waals surface area contributed by atoms with Crippen LogP contribution in [-0.4, -0.2) is 58.4 Å². The number of hydrogen-bond donors (Lipinski definition) is 3. The minimum Gasteiger partial charge on any atom is -0.497 e. The fourth-order valence-corrected chi connectivity index (χ4v) is 5.76. The number of nitrogens with one attached hydrogen (secondary N) is 1. The van der Waals surface area contributed by atoms with Gasteiger partial charge in [0.25, 0.3) is 5.56 Å². The highest BCUT2D eigenvalue weighted by atomic mass is 16.6. The third-order valence-corrected chi connectivity index (χ3v) is 8.10. The summed E-state index contributed by atoms with van der Waals surface area (Å²) < 4.78 is 25.0. The van der Waals surface area contributed by atoms with Gasteiger partial charge < -0.3 is 29.2 Å². The monoisotopic (exact) mass is 600 g/mol. The Labute approximate surface area is 254 Å². The second kappa shape index (κ2) is 12.6. The summed E-state index contributed by atoms with van der Waals surface area (Å²) in [4.78, 5) is 27.1. The number of aliphatic hydroxyl groups excluding tert-OH is 1. The molecule has 5 rings (SSSR count). The van der Waals surface area contributed by atoms with Gasteiger partial charge in [-0.05, 0) is 47.9 Å². The van der Waals surface area contributed by atoms with Gasteiger partial charge in [-0.3, -0.25) is 14.3 Å². The van der Waals surface area contributed by atoms with Crippen LogP contribution in [0.4, 0.5) is 0 Å². The lowest BCUT2D eigenvalue weighted by molar-refractivity contribution is -0.113. The van der Waals surface area contributed by atoms with Crippen LogP contribution in [0.5, 0.6) is 11.5 Å². The second-order valence-corrected chi connectivity index (χ2v) is 10.7. The molecule has 1 aliphatic heterocycles. The summed E-state index contributed by atoms with van der Waals surface area (Å²) in [6.45, 7) is 5.06. The molecular weight excluding hydrogens is 564 g/mol. The van der Waals surface area contributed by atoms with Crippen LogP contribution in [-0.2, 0) is 15.1 Å². The van der Waals surface area contributed by atoms with E-state index < -0.39 is 40.9 Å². The number of benzene rings is 3. The molecule has 0 aliphatic carbocycles. The molecule has 1 fully saturated rings. The Balaban J connectivity index is 1.61. The number of hydrogen-bond acceptors (Lipinski definition) is 8. The maximum Gasteiger partial charge on any atom is 0.330 e. The topological polar surface area (TPSA) is 132 Å². The highest BCUT2D eigenvalue weighted by Crippen LogP contribution is 2.45. The van der Waals surface area contributed by atoms with E-state index in [2.05, 4.69) is 11.6 Å². The van der Waals surface area contributed by atoms with E-state index in [1.165, 1.54) is 19.2 Å². The molecule has 3 aromatic carbocycles. The molecular formula is C34H36N2O8. The first kappa shape index (κ1) is 31.0. The largest absolute Gasteiger partial charge is 0.497 e. The number of aliphatic hydroxyl groups is 2. The summed E-state index contributed by atoms with van der Waals surface area (Å²) in [7, 11) is 3.18. The van der Waals surface area contributed by atoms with Crippen LogP contribution in [0.25, 0.3) is 0 Å². The van der Waals surface area contributed by atoms with Gasteiger partial charge in [-0.15, -0.1) is 6.58 Å². The summed E-state index contributed by atoms with van der Waals surface area (Å²) >= 11 is 0. The van der Waals surface area contributed by atoms with Crippen molar-refractivity contribution in [2.75, 3.05) is 20.8 Å². The first-order chi connectivity index (χ1) is 21.2. The molecule has 1 aliphatic rings. The quantitative estimate of drug-likeness (QED) is 0.176. The van der Waals surface area contributed by atoms with E-state index >= 15 is 0 Å². The predicted molar refractivity (Wildman–Crippen MR) is 164 cm³/mol. The molecule has 3 N–H and O–H groups in total. The number of aromatic amines is 1. The van der Waals surface area contributed by atoms with Gasteiger partial charge in [0.1, 0.15) is 34.9 Å². The van der Waals surface area contributed by atoms with Crippen molar-refractivity contribution in [3.05, 3.63) is 141 Å². The standard InChI is InChI=1S/C34H36N2O8/c1-5-19-33(40)29(37)28(44-31(33)36-20-22(2)30(38)35-32(36)39)21-43-34(23-9-7-6-8-10-23,24-11-15-26(41-3)16-12-24)25-13-17-27(42-4)18-14-25/h5-18,20,28-29,31,37,40H,1,19,21H2,2-4H3,(H,35,38,39)/t28-,29-,31-,33-/m1/s1. The van der Waals surface area contributed by atoms with Gasteiger partial charge in [0, 0.05) is 18.2 Å². The smallest absolute Gasteiger partial charge is 0.330 e. The normalized spacial score (nSPS) is 21.6. The van der Waals surface area contributed by atoms with Crippen LogP contribution in [0.3, 0.4) is 0 Å². The zero-order valence-corrected chi connectivity index (χ0v) is 24.8. The van der Waals surface area contributed by atoms with Crippen LogP contribution < -0.4 is 20.7 Å². The number of nitrogens with zero attached hydrogens (tertiary/aromatic N) is 1. The fourth-order valence-electron chi connectivity index (χ4n) is 5.76. The molecule has 0 saturated carbocycles. The van der Waals surface area contributed by atoms with Crippen LogP contribution in [0.2, 0.25) is 0 Å². The highest BCUT2D eigenvalue weighted by Gasteiger charge is 2.56. The summed E-state index contributed by atoms with van der Waals surface area (Å²) in [6, 6.07) is 24.6. The third-order valence-electron chi connectivity index (χ3n) is 8.10. The number of rotatable bonds is 11. The SMILES string of the molecule is C=CC[C@@]1(O)[C@H](O)[C@@H](COC(c2ccccc2)(c2ccc(OC)cc2)c2ccc(OC)cc2)O[C@H]1n1cc(C)c(=O)[nH]c1=O. The van der Waals surface area contributed by atoms with E-state index in [0.717, 1.165) is 21.3 Å². The maximum atomic E-state index is 12.8. The van der Waals surface area contributed by atoms with Crippen LogP contribution in [0.15, 0.2) is 107 Å². The molecule has 4 aromatic rings. The Morgan fingerprint density at radius 1 is 0.955 bits per heavy atom. The zero-order chi connectivity index (χ0) is 31.5. The number of H-pyrrole nitrogens is 1. The van der Waals surface area contributed by atoms with Crippen molar-refractivity contribution in [3.8, 4) is 11.5 Å². The lowest BCUT2D eigenvalue weighted by Crippen LogP contribution is -2.49. The second-order valence-electron chi connectivity index (χ2n) is 10.7. The summed E-state index contributed by atoms with van der Waals surface area (Å²) in [5.74, 6) is 1.33. The van der Waals surface area contributed by atoms with Crippen molar-refractivity contribution in [1.82, 2.24) is 9.55 Å². The molecule has 0 radical (unpaired) electrons. The van der Waals surface area contributed by atoms with E-state index in [9.17, 15) is 19.8 Å². The molecule has 2 heterocycles. The molecule has 10 nitrogen and oxygen atoms in total. The van der Waals surface area contributed by atoms with Gasteiger partial charge in [0.2, 0.25) is 0 Å². The van der Waals surface area contributed by atoms with Gasteiger partial charge >= 0.3 is 5.69 Å². The average molecular weight is 601 g/mol. The number of aryl methyl sites for hydroxylation is 1. The minimum atomic E-state index is -1.94. The Bertz CT molecular complexity index is 1650. The number of methoxy groups -OCH3 is 2. The number of ether oxygens (including phenoxy) is 4. The minimum absolute atomic E-state index is 0.0965. The Morgan fingerprint density at radius 2 is 1.50 bits per heavy atom. The van der Waals surface area contributed by atoms with Crippen molar-refractivity contribution in [2.24, 2.45) is 0 Å². The molecule has 44 heavy (non-hydrogen) atoms. The van der Waals surface area contributed by atoms with Crippen LogP contribution in [0.1, 0.15) is 34.9 Å². The van der Waals surface area contributed by atoms with Crippen molar-refractivity contribution in [3.63, 3.8) is 0 Å². The Hall–Kier alpha value is -4.48. The number of aromatic nitrogens is 2. The zero-order valence-electron chi connectivity index (χ0n) is 24.8. The third kappa shape index (κ3) is 5.48. The van der Waals surface area contributed by atoms with Gasteiger partial charge in [0.05, 0.1) is 20.8 Å². The lowest BCUT2D eigenvalue weighted by atomic mass is 9.80. The Morgan fingerprint density at radius 3 is 2.02 bits per heavy atom. The predicted octanol–water partition coefficient (Wildman–Crippen LogP) is 3.44. The average Bonchev–Trinajstić information content (AvgIpc) is 3.29. The molecule has 0 unspecified atom stereocenters. The van der Waals surface area contributed by atoms with Gasteiger partial charge in [-0.1, -0.05) is 60.7 Å². The Kier molecular flexibility index (Phi) is 8.89. The van der Waals surface area contributed by atoms with E-state index in [4.69, 9.17) is 18.9 Å². The molecule has 1 saturated heterocycles. The summed E-state index contributed by atoms with van der Waals surface area (Å²) in [6.07, 6.45) is -1.25. The molecule has 1 aromatic heterocycles. The van der Waals surface area contributed by atoms with E-state index in [1.807, 2.05) is 78.9 Å². The first-order valence-corrected chi connectivity index (χ1v) is 14.2. The molecule has 10 heteroatoms. The molecule has 0 amide bonds. The van der Waals surface area contributed by atoms with Gasteiger partial charge in [0.15, 0.2) is 6.23 Å². The van der Waals surface area contributed by atoms with Crippen molar-refractivity contribution < 1.29 is 29.2 Å². The summed E-state index contributed by atoms with van der Waals surface area (Å²) in [5.41, 5.74) is -1.90. The van der Waals surface area contributed by atoms with E-state index in [1.54, 1.807) is 14.2 Å². The molecule has 4 atom stereocenters.